The van der Waals surface area contributed by atoms with Crippen molar-refractivity contribution in [2.75, 3.05) is 0 Å². The van der Waals surface area contributed by atoms with E-state index in [0.717, 1.165) is 16.7 Å². The Balaban J connectivity index is 1.34. The molecular weight excluding hydrogens is 483 g/mol. The van der Waals surface area contributed by atoms with Crippen LogP contribution in [0.3, 0.4) is 0 Å². The number of nitrogens with zero attached hydrogens (tertiary/aromatic N) is 1. The molecule has 5 nitrogen and oxygen atoms in total. The van der Waals surface area contributed by atoms with E-state index in [1.807, 2.05) is 66.7 Å². The van der Waals surface area contributed by atoms with Crippen molar-refractivity contribution in [3.63, 3.8) is 0 Å². The van der Waals surface area contributed by atoms with Crippen LogP contribution in [0.15, 0.2) is 102 Å². The molecule has 0 radical (unpaired) electrons. The van der Waals surface area contributed by atoms with Crippen molar-refractivity contribution in [3.05, 3.63) is 129 Å². The van der Waals surface area contributed by atoms with Gasteiger partial charge in [-0.05, 0) is 65.2 Å². The maximum Gasteiger partial charge on any atom is 0.275 e. The number of hydrogen-bond donors (Lipinski definition) is 1. The fourth-order valence-corrected chi connectivity index (χ4v) is 3.43. The number of rotatable bonds is 9. The lowest BCUT2D eigenvalue weighted by molar-refractivity contribution is 0.0950. The van der Waals surface area contributed by atoms with Gasteiger partial charge in [-0.15, -0.1) is 0 Å². The molecule has 0 spiro atoms. The number of halogens is 2. The van der Waals surface area contributed by atoms with Gasteiger partial charge in [-0.25, -0.2) is 5.43 Å². The molecule has 35 heavy (non-hydrogen) atoms. The number of hydrazone groups is 1. The minimum atomic E-state index is -0.372. The van der Waals surface area contributed by atoms with Gasteiger partial charge in [-0.1, -0.05) is 71.7 Å². The molecule has 0 bridgehead atoms. The van der Waals surface area contributed by atoms with Crippen molar-refractivity contribution >= 4 is 35.3 Å². The lowest BCUT2D eigenvalue weighted by Gasteiger charge is -2.10. The molecule has 0 aliphatic rings. The van der Waals surface area contributed by atoms with Crippen molar-refractivity contribution in [3.8, 4) is 11.5 Å². The Hall–Kier alpha value is -3.80. The first-order valence-electron chi connectivity index (χ1n) is 10.8. The second-order valence-corrected chi connectivity index (χ2v) is 8.47. The molecule has 0 aliphatic heterocycles. The molecule has 0 aromatic heterocycles. The Bertz CT molecular complexity index is 1310. The summed E-state index contributed by atoms with van der Waals surface area (Å²) < 4.78 is 11.7. The molecule has 176 valence electrons. The van der Waals surface area contributed by atoms with Crippen LogP contribution in [-0.2, 0) is 13.2 Å². The van der Waals surface area contributed by atoms with Gasteiger partial charge in [0.15, 0.2) is 0 Å². The Morgan fingerprint density at radius 3 is 2.09 bits per heavy atom. The van der Waals surface area contributed by atoms with E-state index in [0.29, 0.717) is 40.3 Å². The molecule has 4 rings (SSSR count). The highest BCUT2D eigenvalue weighted by molar-refractivity contribution is 6.30. The number of carbonyl (C=O) groups is 1. The molecular formula is C28H22Cl2N2O3. The average Bonchev–Trinajstić information content (AvgIpc) is 2.88. The van der Waals surface area contributed by atoms with Crippen molar-refractivity contribution in [2.24, 2.45) is 5.10 Å². The molecule has 0 saturated heterocycles. The SMILES string of the molecule is O=C(NN=Cc1cccc(OCc2ccc(Cl)cc2)c1)c1ccccc1OCc1ccc(Cl)cc1. The third-order valence-corrected chi connectivity index (χ3v) is 5.50. The van der Waals surface area contributed by atoms with Crippen LogP contribution in [0.5, 0.6) is 11.5 Å². The molecule has 4 aromatic carbocycles. The summed E-state index contributed by atoms with van der Waals surface area (Å²) in [6.07, 6.45) is 1.56. The summed E-state index contributed by atoms with van der Waals surface area (Å²) in [5.74, 6) is 0.784. The normalized spacial score (nSPS) is 10.8. The van der Waals surface area contributed by atoms with Crippen LogP contribution < -0.4 is 14.9 Å². The molecule has 1 N–H and O–H groups in total. The van der Waals surface area contributed by atoms with Crippen molar-refractivity contribution in [1.29, 1.82) is 0 Å². The van der Waals surface area contributed by atoms with Crippen LogP contribution in [0.1, 0.15) is 27.0 Å². The van der Waals surface area contributed by atoms with E-state index in [1.165, 1.54) is 0 Å². The van der Waals surface area contributed by atoms with Crippen LogP contribution in [0.25, 0.3) is 0 Å². The minimum absolute atomic E-state index is 0.313. The molecule has 0 unspecified atom stereocenters. The monoisotopic (exact) mass is 504 g/mol. The van der Waals surface area contributed by atoms with Gasteiger partial charge in [-0.2, -0.15) is 5.10 Å². The smallest absolute Gasteiger partial charge is 0.275 e. The van der Waals surface area contributed by atoms with Gasteiger partial charge in [-0.3, -0.25) is 4.79 Å². The lowest BCUT2D eigenvalue weighted by Crippen LogP contribution is -2.18. The molecule has 0 fully saturated rings. The minimum Gasteiger partial charge on any atom is -0.489 e. The Morgan fingerprint density at radius 1 is 0.771 bits per heavy atom. The van der Waals surface area contributed by atoms with Gasteiger partial charge in [0.2, 0.25) is 0 Å². The van der Waals surface area contributed by atoms with Crippen LogP contribution in [0, 0.1) is 0 Å². The summed E-state index contributed by atoms with van der Waals surface area (Å²) in [6.45, 7) is 0.731. The third kappa shape index (κ3) is 7.34. The number of ether oxygens (including phenoxy) is 2. The van der Waals surface area contributed by atoms with Gasteiger partial charge < -0.3 is 9.47 Å². The summed E-state index contributed by atoms with van der Waals surface area (Å²) in [6, 6.07) is 29.3. The summed E-state index contributed by atoms with van der Waals surface area (Å²) in [7, 11) is 0. The van der Waals surface area contributed by atoms with Gasteiger partial charge in [0.05, 0.1) is 11.8 Å². The Labute approximate surface area is 213 Å². The van der Waals surface area contributed by atoms with E-state index >= 15 is 0 Å². The van der Waals surface area contributed by atoms with Crippen molar-refractivity contribution in [2.45, 2.75) is 13.2 Å². The molecule has 0 aliphatic carbocycles. The summed E-state index contributed by atoms with van der Waals surface area (Å²) >= 11 is 11.8. The van der Waals surface area contributed by atoms with E-state index in [1.54, 1.807) is 36.5 Å². The van der Waals surface area contributed by atoms with Crippen molar-refractivity contribution < 1.29 is 14.3 Å². The van der Waals surface area contributed by atoms with E-state index in [9.17, 15) is 4.79 Å². The molecule has 1 amide bonds. The van der Waals surface area contributed by atoms with E-state index in [4.69, 9.17) is 32.7 Å². The van der Waals surface area contributed by atoms with E-state index in [2.05, 4.69) is 10.5 Å². The first-order chi connectivity index (χ1) is 17.1. The highest BCUT2D eigenvalue weighted by Crippen LogP contribution is 2.20. The summed E-state index contributed by atoms with van der Waals surface area (Å²) in [5.41, 5.74) is 5.68. The zero-order chi connectivity index (χ0) is 24.5. The first-order valence-corrected chi connectivity index (χ1v) is 11.6. The standard InChI is InChI=1S/C28H22Cl2N2O3/c29-23-12-8-20(9-13-23)18-34-25-5-3-4-22(16-25)17-31-32-28(33)26-6-1-2-7-27(26)35-19-21-10-14-24(30)15-11-21/h1-17H,18-19H2,(H,32,33). The van der Waals surface area contributed by atoms with Gasteiger partial charge >= 0.3 is 0 Å². The number of carbonyl (C=O) groups excluding carboxylic acids is 1. The number of para-hydroxylation sites is 1. The average molecular weight is 505 g/mol. The largest absolute Gasteiger partial charge is 0.489 e. The van der Waals surface area contributed by atoms with E-state index < -0.39 is 0 Å². The topological polar surface area (TPSA) is 59.9 Å². The zero-order valence-electron chi connectivity index (χ0n) is 18.7. The third-order valence-electron chi connectivity index (χ3n) is 5.00. The van der Waals surface area contributed by atoms with Gasteiger partial charge in [0.1, 0.15) is 24.7 Å². The number of benzene rings is 4. The predicted octanol–water partition coefficient (Wildman–Crippen LogP) is 6.92. The maximum atomic E-state index is 12.7. The first kappa shape index (κ1) is 24.3. The highest BCUT2D eigenvalue weighted by Gasteiger charge is 2.11. The van der Waals surface area contributed by atoms with Crippen LogP contribution >= 0.6 is 23.2 Å². The second-order valence-electron chi connectivity index (χ2n) is 7.60. The highest BCUT2D eigenvalue weighted by atomic mass is 35.5. The quantitative estimate of drug-likeness (QED) is 0.199. The number of nitrogens with one attached hydrogen (secondary N) is 1. The van der Waals surface area contributed by atoms with E-state index in [-0.39, 0.29) is 5.91 Å². The second kappa shape index (κ2) is 12.1. The molecule has 4 aromatic rings. The molecule has 0 atom stereocenters. The number of hydrogen-bond acceptors (Lipinski definition) is 4. The van der Waals surface area contributed by atoms with Gasteiger partial charge in [0.25, 0.3) is 5.91 Å². The van der Waals surface area contributed by atoms with Crippen LogP contribution in [-0.4, -0.2) is 12.1 Å². The lowest BCUT2D eigenvalue weighted by atomic mass is 10.2. The number of amides is 1. The van der Waals surface area contributed by atoms with Crippen LogP contribution in [0.4, 0.5) is 0 Å². The maximum absolute atomic E-state index is 12.7. The fourth-order valence-electron chi connectivity index (χ4n) is 3.18. The van der Waals surface area contributed by atoms with Crippen LogP contribution in [0.2, 0.25) is 10.0 Å². The molecule has 7 heteroatoms. The summed E-state index contributed by atoms with van der Waals surface area (Å²) in [4.78, 5) is 12.7. The zero-order valence-corrected chi connectivity index (χ0v) is 20.2. The summed E-state index contributed by atoms with van der Waals surface area (Å²) in [5, 5.41) is 5.43. The molecule has 0 heterocycles. The predicted molar refractivity (Wildman–Crippen MR) is 140 cm³/mol. The fraction of sp³-hybridized carbons (Fsp3) is 0.0714. The Morgan fingerprint density at radius 2 is 1.40 bits per heavy atom. The van der Waals surface area contributed by atoms with Gasteiger partial charge in [0, 0.05) is 10.0 Å². The van der Waals surface area contributed by atoms with Crippen molar-refractivity contribution in [1.82, 2.24) is 5.43 Å². The molecule has 0 saturated carbocycles. The Kier molecular flexibility index (Phi) is 8.39.